The van der Waals surface area contributed by atoms with E-state index in [2.05, 4.69) is 20.7 Å². The number of nitrogens with one attached hydrogen (secondary N) is 2. The van der Waals surface area contributed by atoms with Crippen LogP contribution in [0, 0.1) is 17.7 Å². The molecule has 2 aromatic rings. The number of rotatable bonds is 5. The van der Waals surface area contributed by atoms with Crippen LogP contribution < -0.4 is 15.4 Å². The molecule has 3 atom stereocenters. The van der Waals surface area contributed by atoms with Crippen LogP contribution in [0.2, 0.25) is 0 Å². The van der Waals surface area contributed by atoms with E-state index in [1.54, 1.807) is 0 Å². The second kappa shape index (κ2) is 7.47. The van der Waals surface area contributed by atoms with Gasteiger partial charge in [-0.25, -0.2) is 9.07 Å². The van der Waals surface area contributed by atoms with Gasteiger partial charge >= 0.3 is 12.2 Å². The molecule has 1 aromatic carbocycles. The lowest BCUT2D eigenvalue weighted by atomic mass is 9.94. The van der Waals surface area contributed by atoms with Gasteiger partial charge in [0.05, 0.1) is 11.6 Å². The van der Waals surface area contributed by atoms with Gasteiger partial charge in [-0.15, -0.1) is 5.10 Å². The average Bonchev–Trinajstić information content (AvgIpc) is 3.12. The summed E-state index contributed by atoms with van der Waals surface area (Å²) in [5.74, 6) is -0.123. The van der Waals surface area contributed by atoms with Gasteiger partial charge in [0.25, 0.3) is 0 Å². The van der Waals surface area contributed by atoms with Crippen LogP contribution in [0.25, 0.3) is 0 Å². The SMILES string of the molecule is CC(C)n1nc(NC2[C@@H]3CC[C@H]2CNC3)nc1Oc1ccc(F)c(C(F)(F)F)c1. The largest absolute Gasteiger partial charge is 0.424 e. The highest BCUT2D eigenvalue weighted by Crippen LogP contribution is 2.37. The fourth-order valence-corrected chi connectivity index (χ4v) is 4.14. The van der Waals surface area contributed by atoms with Gasteiger partial charge in [0, 0.05) is 6.04 Å². The van der Waals surface area contributed by atoms with Crippen molar-refractivity contribution in [3.8, 4) is 11.8 Å². The molecule has 2 aliphatic rings. The fraction of sp³-hybridized carbons (Fsp3) is 0.579. The quantitative estimate of drug-likeness (QED) is 0.719. The Bertz CT molecular complexity index is 866. The number of benzene rings is 1. The highest BCUT2D eigenvalue weighted by Gasteiger charge is 2.39. The number of piperidine rings is 1. The topological polar surface area (TPSA) is 64.0 Å². The first-order valence-electron chi connectivity index (χ1n) is 9.70. The molecule has 6 nitrogen and oxygen atoms in total. The zero-order valence-electron chi connectivity index (χ0n) is 16.1. The molecule has 1 aliphatic heterocycles. The first-order chi connectivity index (χ1) is 13.7. The number of ether oxygens (including phenoxy) is 1. The molecule has 1 saturated carbocycles. The number of nitrogens with zero attached hydrogens (tertiary/aromatic N) is 3. The zero-order chi connectivity index (χ0) is 20.8. The Labute approximate surface area is 165 Å². The summed E-state index contributed by atoms with van der Waals surface area (Å²) in [7, 11) is 0. The Morgan fingerprint density at radius 2 is 1.90 bits per heavy atom. The summed E-state index contributed by atoms with van der Waals surface area (Å²) in [6.45, 7) is 5.62. The van der Waals surface area contributed by atoms with Crippen LogP contribution in [-0.2, 0) is 6.18 Å². The van der Waals surface area contributed by atoms with Gasteiger partial charge in [0.15, 0.2) is 0 Å². The smallest absolute Gasteiger partial charge is 0.419 e. The highest BCUT2D eigenvalue weighted by atomic mass is 19.4. The van der Waals surface area contributed by atoms with Crippen molar-refractivity contribution in [2.24, 2.45) is 11.8 Å². The normalized spacial score (nSPS) is 24.2. The Hall–Kier alpha value is -2.36. The summed E-state index contributed by atoms with van der Waals surface area (Å²) in [5, 5.41) is 11.2. The Kier molecular flexibility index (Phi) is 5.14. The predicted octanol–water partition coefficient (Wildman–Crippen LogP) is 4.22. The van der Waals surface area contributed by atoms with Crippen LogP contribution in [0.5, 0.6) is 11.8 Å². The maximum absolute atomic E-state index is 13.5. The zero-order valence-corrected chi connectivity index (χ0v) is 16.1. The highest BCUT2D eigenvalue weighted by molar-refractivity contribution is 5.35. The maximum Gasteiger partial charge on any atom is 0.419 e. The van der Waals surface area contributed by atoms with E-state index >= 15 is 0 Å². The molecule has 2 heterocycles. The van der Waals surface area contributed by atoms with Gasteiger partial charge in [-0.2, -0.15) is 18.2 Å². The fourth-order valence-electron chi connectivity index (χ4n) is 4.14. The molecular formula is C19H23F4N5O. The average molecular weight is 413 g/mol. The monoisotopic (exact) mass is 413 g/mol. The molecule has 0 amide bonds. The minimum absolute atomic E-state index is 0.0588. The number of halogens is 4. The van der Waals surface area contributed by atoms with Crippen molar-refractivity contribution in [2.45, 2.75) is 44.9 Å². The third-order valence-corrected chi connectivity index (χ3v) is 5.57. The number of hydrogen-bond donors (Lipinski definition) is 2. The van der Waals surface area contributed by atoms with Crippen molar-refractivity contribution >= 4 is 5.95 Å². The number of fused-ring (bicyclic) bond motifs is 2. The molecule has 1 unspecified atom stereocenters. The van der Waals surface area contributed by atoms with Crippen LogP contribution in [0.15, 0.2) is 18.2 Å². The molecule has 158 valence electrons. The van der Waals surface area contributed by atoms with Crippen molar-refractivity contribution < 1.29 is 22.3 Å². The summed E-state index contributed by atoms with van der Waals surface area (Å²) in [6.07, 6.45) is -2.53. The minimum Gasteiger partial charge on any atom is -0.424 e. The minimum atomic E-state index is -4.81. The van der Waals surface area contributed by atoms with Gasteiger partial charge in [-0.05, 0) is 69.8 Å². The molecule has 29 heavy (non-hydrogen) atoms. The third-order valence-electron chi connectivity index (χ3n) is 5.57. The van der Waals surface area contributed by atoms with Crippen LogP contribution in [-0.4, -0.2) is 33.9 Å². The lowest BCUT2D eigenvalue weighted by Crippen LogP contribution is -2.45. The van der Waals surface area contributed by atoms with Crippen molar-refractivity contribution in [2.75, 3.05) is 18.4 Å². The molecule has 2 bridgehead atoms. The molecule has 0 radical (unpaired) electrons. The molecule has 10 heteroatoms. The van der Waals surface area contributed by atoms with Crippen molar-refractivity contribution in [1.82, 2.24) is 20.1 Å². The lowest BCUT2D eigenvalue weighted by molar-refractivity contribution is -0.140. The van der Waals surface area contributed by atoms with Crippen LogP contribution in [0.1, 0.15) is 38.3 Å². The summed E-state index contributed by atoms with van der Waals surface area (Å²) in [5.41, 5.74) is -1.38. The first-order valence-corrected chi connectivity index (χ1v) is 9.70. The third kappa shape index (κ3) is 4.03. The van der Waals surface area contributed by atoms with Crippen molar-refractivity contribution in [3.63, 3.8) is 0 Å². The Balaban J connectivity index is 1.58. The summed E-state index contributed by atoms with van der Waals surface area (Å²) >= 11 is 0. The molecule has 2 N–H and O–H groups in total. The van der Waals surface area contributed by atoms with E-state index in [1.165, 1.54) is 4.68 Å². The molecule has 1 aromatic heterocycles. The summed E-state index contributed by atoms with van der Waals surface area (Å²) in [4.78, 5) is 4.35. The molecule has 1 aliphatic carbocycles. The number of hydrogen-bond acceptors (Lipinski definition) is 5. The Morgan fingerprint density at radius 3 is 2.52 bits per heavy atom. The molecule has 1 saturated heterocycles. The van der Waals surface area contributed by atoms with E-state index in [-0.39, 0.29) is 23.8 Å². The van der Waals surface area contributed by atoms with Gasteiger partial charge < -0.3 is 15.4 Å². The second-order valence-corrected chi connectivity index (χ2v) is 7.92. The van der Waals surface area contributed by atoms with Crippen molar-refractivity contribution in [1.29, 1.82) is 0 Å². The van der Waals surface area contributed by atoms with Gasteiger partial charge in [-0.1, -0.05) is 0 Å². The van der Waals surface area contributed by atoms with Crippen molar-refractivity contribution in [3.05, 3.63) is 29.6 Å². The molecule has 4 rings (SSSR count). The molecule has 2 fully saturated rings. The first kappa shape index (κ1) is 19.9. The number of alkyl halides is 3. The number of aromatic nitrogens is 3. The molecular weight excluding hydrogens is 390 g/mol. The van der Waals surface area contributed by atoms with E-state index in [0.29, 0.717) is 23.9 Å². The van der Waals surface area contributed by atoms with E-state index < -0.39 is 17.6 Å². The van der Waals surface area contributed by atoms with Crippen LogP contribution in [0.3, 0.4) is 0 Å². The van der Waals surface area contributed by atoms with E-state index in [1.807, 2.05) is 13.8 Å². The van der Waals surface area contributed by atoms with E-state index in [9.17, 15) is 17.6 Å². The van der Waals surface area contributed by atoms with Gasteiger partial charge in [-0.3, -0.25) is 0 Å². The van der Waals surface area contributed by atoms with E-state index in [0.717, 1.165) is 38.1 Å². The van der Waals surface area contributed by atoms with Gasteiger partial charge in [0.2, 0.25) is 5.95 Å². The van der Waals surface area contributed by atoms with E-state index in [4.69, 9.17) is 4.74 Å². The van der Waals surface area contributed by atoms with Crippen LogP contribution >= 0.6 is 0 Å². The van der Waals surface area contributed by atoms with Gasteiger partial charge in [0.1, 0.15) is 11.6 Å². The number of anilines is 1. The second-order valence-electron chi connectivity index (χ2n) is 7.92. The Morgan fingerprint density at radius 1 is 1.21 bits per heavy atom. The maximum atomic E-state index is 13.5. The molecule has 0 spiro atoms. The lowest BCUT2D eigenvalue weighted by Gasteiger charge is -2.30. The summed E-state index contributed by atoms with van der Waals surface area (Å²) in [6, 6.07) is 2.71. The predicted molar refractivity (Wildman–Crippen MR) is 98.4 cm³/mol. The standard InChI is InChI=1S/C19H23F4N5O/c1-10(2)28-18(29-13-5-6-15(20)14(7-13)19(21,22)23)26-17(27-28)25-16-11-3-4-12(16)9-24-8-11/h5-7,10-12,16,24H,3-4,8-9H2,1-2H3,(H,25,27)/t11-,12+,16?. The summed E-state index contributed by atoms with van der Waals surface area (Å²) < 4.78 is 59.5. The van der Waals surface area contributed by atoms with Crippen LogP contribution in [0.4, 0.5) is 23.5 Å².